The zero-order chi connectivity index (χ0) is 24.8. The quantitative estimate of drug-likeness (QED) is 0.215. The number of unbranched alkanes of at least 4 members (excludes halogenated alkanes) is 7. The molecule has 0 atom stereocenters. The molecule has 0 heterocycles. The third-order valence-electron chi connectivity index (χ3n) is 5.79. The van der Waals surface area contributed by atoms with Gasteiger partial charge in [-0.3, -0.25) is 14.4 Å². The van der Waals surface area contributed by atoms with Crippen molar-refractivity contribution in [1.82, 2.24) is 0 Å². The van der Waals surface area contributed by atoms with Crippen molar-refractivity contribution in [3.63, 3.8) is 0 Å². The molecule has 0 amide bonds. The zero-order valence-corrected chi connectivity index (χ0v) is 20.1. The number of ketones is 1. The number of carbonyl (C=O) groups excluding carboxylic acids is 1. The Kier molecular flexibility index (Phi) is 11.9. The first-order valence-electron chi connectivity index (χ1n) is 12.2. The number of ether oxygens (including phenoxy) is 1. The van der Waals surface area contributed by atoms with E-state index in [0.29, 0.717) is 34.6 Å². The highest BCUT2D eigenvalue weighted by Gasteiger charge is 2.17. The number of hydrogen-bond donors (Lipinski definition) is 2. The van der Waals surface area contributed by atoms with Crippen molar-refractivity contribution in [2.45, 2.75) is 77.6 Å². The standard InChI is InChI=1S/C28H36O6/c1-2-3-4-5-6-7-8-11-18-34-25-16-14-23(19-22(25)15-17-26(29)30)28(33)24-13-10-9-12-21(24)20-27(31)32/h9-10,12-14,16,19H,2-8,11,15,17-18,20H2,1H3,(H,29,30)(H,31,32). The summed E-state index contributed by atoms with van der Waals surface area (Å²) in [5.41, 5.74) is 1.84. The largest absolute Gasteiger partial charge is 0.493 e. The Bertz CT molecular complexity index is 950. The molecule has 0 saturated carbocycles. The predicted octanol–water partition coefficient (Wildman–Crippen LogP) is 6.08. The molecule has 0 saturated heterocycles. The van der Waals surface area contributed by atoms with Crippen molar-refractivity contribution in [3.05, 3.63) is 64.7 Å². The summed E-state index contributed by atoms with van der Waals surface area (Å²) >= 11 is 0. The second-order valence-corrected chi connectivity index (χ2v) is 8.60. The van der Waals surface area contributed by atoms with Gasteiger partial charge in [-0.2, -0.15) is 0 Å². The van der Waals surface area contributed by atoms with E-state index in [9.17, 15) is 14.4 Å². The van der Waals surface area contributed by atoms with Crippen LogP contribution in [-0.4, -0.2) is 34.5 Å². The highest BCUT2D eigenvalue weighted by molar-refractivity contribution is 6.10. The molecular weight excluding hydrogens is 432 g/mol. The Labute approximate surface area is 202 Å². The van der Waals surface area contributed by atoms with E-state index in [4.69, 9.17) is 14.9 Å². The van der Waals surface area contributed by atoms with E-state index in [1.54, 1.807) is 42.5 Å². The van der Waals surface area contributed by atoms with Gasteiger partial charge in [-0.05, 0) is 42.2 Å². The summed E-state index contributed by atoms with van der Waals surface area (Å²) in [5.74, 6) is -1.62. The van der Waals surface area contributed by atoms with Crippen LogP contribution in [-0.2, 0) is 22.4 Å². The molecule has 0 bridgehead atoms. The summed E-state index contributed by atoms with van der Waals surface area (Å²) in [4.78, 5) is 35.4. The number of aliphatic carboxylic acids is 2. The lowest BCUT2D eigenvalue weighted by Crippen LogP contribution is -2.10. The summed E-state index contributed by atoms with van der Waals surface area (Å²) in [5, 5.41) is 18.3. The summed E-state index contributed by atoms with van der Waals surface area (Å²) in [6.45, 7) is 2.76. The van der Waals surface area contributed by atoms with Crippen molar-refractivity contribution in [2.24, 2.45) is 0 Å². The highest BCUT2D eigenvalue weighted by atomic mass is 16.5. The van der Waals surface area contributed by atoms with Crippen LogP contribution >= 0.6 is 0 Å². The van der Waals surface area contributed by atoms with Crippen molar-refractivity contribution in [3.8, 4) is 5.75 Å². The molecule has 0 aliphatic heterocycles. The molecule has 6 nitrogen and oxygen atoms in total. The minimum atomic E-state index is -1.01. The van der Waals surface area contributed by atoms with Gasteiger partial charge in [0.05, 0.1) is 13.0 Å². The molecule has 6 heteroatoms. The Morgan fingerprint density at radius 3 is 2.15 bits per heavy atom. The average Bonchev–Trinajstić information content (AvgIpc) is 2.81. The van der Waals surface area contributed by atoms with E-state index >= 15 is 0 Å². The van der Waals surface area contributed by atoms with Crippen LogP contribution in [0.1, 0.15) is 91.8 Å². The first kappa shape index (κ1) is 27.1. The van der Waals surface area contributed by atoms with Gasteiger partial charge in [0.25, 0.3) is 0 Å². The van der Waals surface area contributed by atoms with E-state index < -0.39 is 11.9 Å². The normalized spacial score (nSPS) is 10.7. The number of carbonyl (C=O) groups is 3. The van der Waals surface area contributed by atoms with Gasteiger partial charge in [0, 0.05) is 17.5 Å². The molecule has 0 aliphatic rings. The maximum absolute atomic E-state index is 13.1. The Morgan fingerprint density at radius 2 is 1.47 bits per heavy atom. The fraction of sp³-hybridized carbons (Fsp3) is 0.464. The van der Waals surface area contributed by atoms with Gasteiger partial charge in [0.1, 0.15) is 5.75 Å². The van der Waals surface area contributed by atoms with Crippen molar-refractivity contribution < 1.29 is 29.3 Å². The number of benzene rings is 2. The number of hydrogen-bond acceptors (Lipinski definition) is 4. The number of rotatable bonds is 17. The fourth-order valence-corrected chi connectivity index (χ4v) is 3.93. The highest BCUT2D eigenvalue weighted by Crippen LogP contribution is 2.25. The molecular formula is C28H36O6. The molecule has 184 valence electrons. The lowest BCUT2D eigenvalue weighted by Gasteiger charge is -2.14. The van der Waals surface area contributed by atoms with E-state index in [-0.39, 0.29) is 25.0 Å². The molecule has 0 radical (unpaired) electrons. The van der Waals surface area contributed by atoms with Gasteiger partial charge in [0.2, 0.25) is 0 Å². The first-order chi connectivity index (χ1) is 16.4. The number of carboxylic acid groups (broad SMARTS) is 2. The van der Waals surface area contributed by atoms with Gasteiger partial charge in [-0.1, -0.05) is 76.1 Å². The molecule has 0 aromatic heterocycles. The monoisotopic (exact) mass is 468 g/mol. The number of aryl methyl sites for hydroxylation is 1. The molecule has 0 spiro atoms. The van der Waals surface area contributed by atoms with Crippen molar-refractivity contribution in [2.75, 3.05) is 6.61 Å². The van der Waals surface area contributed by atoms with E-state index in [0.717, 1.165) is 12.8 Å². The summed E-state index contributed by atoms with van der Waals surface area (Å²) in [6, 6.07) is 11.7. The van der Waals surface area contributed by atoms with Crippen LogP contribution in [0.4, 0.5) is 0 Å². The Hall–Kier alpha value is -3.15. The third-order valence-corrected chi connectivity index (χ3v) is 5.79. The van der Waals surface area contributed by atoms with Gasteiger partial charge in [-0.15, -0.1) is 0 Å². The predicted molar refractivity (Wildman–Crippen MR) is 132 cm³/mol. The first-order valence-corrected chi connectivity index (χ1v) is 12.2. The molecule has 0 fully saturated rings. The Balaban J connectivity index is 2.05. The van der Waals surface area contributed by atoms with Crippen LogP contribution in [0.25, 0.3) is 0 Å². The maximum Gasteiger partial charge on any atom is 0.307 e. The van der Waals surface area contributed by atoms with Crippen LogP contribution in [0.3, 0.4) is 0 Å². The topological polar surface area (TPSA) is 101 Å². The van der Waals surface area contributed by atoms with E-state index in [1.165, 1.54) is 38.5 Å². The summed E-state index contributed by atoms with van der Waals surface area (Å²) in [7, 11) is 0. The minimum Gasteiger partial charge on any atom is -0.493 e. The van der Waals surface area contributed by atoms with Crippen molar-refractivity contribution in [1.29, 1.82) is 0 Å². The van der Waals surface area contributed by atoms with Crippen LogP contribution in [0.15, 0.2) is 42.5 Å². The van der Waals surface area contributed by atoms with E-state index in [1.807, 2.05) is 0 Å². The molecule has 34 heavy (non-hydrogen) atoms. The van der Waals surface area contributed by atoms with Crippen LogP contribution in [0.2, 0.25) is 0 Å². The fourth-order valence-electron chi connectivity index (χ4n) is 3.93. The van der Waals surface area contributed by atoms with Gasteiger partial charge in [-0.25, -0.2) is 0 Å². The van der Waals surface area contributed by atoms with Gasteiger partial charge >= 0.3 is 11.9 Å². The maximum atomic E-state index is 13.1. The Morgan fingerprint density at radius 1 is 0.794 bits per heavy atom. The summed E-state index contributed by atoms with van der Waals surface area (Å²) in [6.07, 6.45) is 9.50. The molecule has 0 aliphatic carbocycles. The van der Waals surface area contributed by atoms with Crippen LogP contribution in [0.5, 0.6) is 5.75 Å². The molecule has 2 N–H and O–H groups in total. The second kappa shape index (κ2) is 14.9. The molecule has 2 aromatic carbocycles. The number of carboxylic acids is 2. The van der Waals surface area contributed by atoms with E-state index in [2.05, 4.69) is 6.92 Å². The molecule has 2 aromatic rings. The average molecular weight is 469 g/mol. The SMILES string of the molecule is CCCCCCCCCCOc1ccc(C(=O)c2ccccc2CC(=O)O)cc1CCC(=O)O. The summed E-state index contributed by atoms with van der Waals surface area (Å²) < 4.78 is 5.95. The zero-order valence-electron chi connectivity index (χ0n) is 20.1. The second-order valence-electron chi connectivity index (χ2n) is 8.60. The lowest BCUT2D eigenvalue weighted by atomic mass is 9.94. The van der Waals surface area contributed by atoms with Gasteiger partial charge < -0.3 is 14.9 Å². The van der Waals surface area contributed by atoms with Crippen LogP contribution in [0, 0.1) is 0 Å². The minimum absolute atomic E-state index is 0.0681. The smallest absolute Gasteiger partial charge is 0.307 e. The third kappa shape index (κ3) is 9.38. The molecule has 0 unspecified atom stereocenters. The van der Waals surface area contributed by atoms with Crippen molar-refractivity contribution >= 4 is 17.7 Å². The van der Waals surface area contributed by atoms with Crippen LogP contribution < -0.4 is 4.74 Å². The van der Waals surface area contributed by atoms with Gasteiger partial charge in [0.15, 0.2) is 5.78 Å². The lowest BCUT2D eigenvalue weighted by molar-refractivity contribution is -0.137. The molecule has 2 rings (SSSR count).